The molecule has 1 aliphatic rings. The molecule has 0 fully saturated rings. The Hall–Kier alpha value is -3.02. The molecule has 3 aromatic rings. The highest BCUT2D eigenvalue weighted by atomic mass is 35.5. The first-order valence-corrected chi connectivity index (χ1v) is 12.5. The van der Waals surface area contributed by atoms with E-state index >= 15 is 0 Å². The topological polar surface area (TPSA) is 49.4 Å². The van der Waals surface area contributed by atoms with E-state index in [4.69, 9.17) is 11.6 Å². The molecule has 0 saturated carbocycles. The van der Waals surface area contributed by atoms with Crippen LogP contribution in [-0.2, 0) is 11.3 Å². The fraction of sp³-hybridized carbons (Fsp3) is 0.214. The van der Waals surface area contributed by atoms with E-state index in [-0.39, 0.29) is 11.8 Å². The number of hydrogen-bond donors (Lipinski definition) is 1. The average Bonchev–Trinajstić information content (AvgIpc) is 2.82. The number of rotatable bonds is 7. The molecule has 4 rings (SSSR count). The summed E-state index contributed by atoms with van der Waals surface area (Å²) in [4.78, 5) is 29.3. The quantitative estimate of drug-likeness (QED) is 0.371. The number of hydrogen-bond acceptors (Lipinski definition) is 3. The molecular weight excluding hydrogens is 464 g/mol. The number of amides is 2. The number of thioether (sulfide) groups is 1. The van der Waals surface area contributed by atoms with Crippen LogP contribution in [-0.4, -0.2) is 18.4 Å². The van der Waals surface area contributed by atoms with Crippen molar-refractivity contribution in [1.29, 1.82) is 0 Å². The summed E-state index contributed by atoms with van der Waals surface area (Å²) in [6.07, 6.45) is 2.83. The molecule has 3 aromatic carbocycles. The van der Waals surface area contributed by atoms with E-state index in [2.05, 4.69) is 19.2 Å². The van der Waals surface area contributed by atoms with Crippen LogP contribution in [0.2, 0.25) is 5.02 Å². The highest BCUT2D eigenvalue weighted by molar-refractivity contribution is 8.04. The van der Waals surface area contributed by atoms with Gasteiger partial charge in [0.1, 0.15) is 0 Å². The van der Waals surface area contributed by atoms with Crippen LogP contribution >= 0.6 is 23.4 Å². The molecule has 0 aromatic heterocycles. The van der Waals surface area contributed by atoms with Crippen molar-refractivity contribution in [3.63, 3.8) is 0 Å². The molecule has 0 unspecified atom stereocenters. The molecular formula is C28H27ClN2O2S. The van der Waals surface area contributed by atoms with Gasteiger partial charge >= 0.3 is 0 Å². The Morgan fingerprint density at radius 1 is 1.06 bits per heavy atom. The number of carbonyl (C=O) groups excluding carboxylic acids is 2. The zero-order chi connectivity index (χ0) is 24.1. The Morgan fingerprint density at radius 2 is 1.82 bits per heavy atom. The number of halogens is 1. The van der Waals surface area contributed by atoms with E-state index in [9.17, 15) is 9.59 Å². The predicted molar refractivity (Wildman–Crippen MR) is 141 cm³/mol. The first kappa shape index (κ1) is 24.1. The predicted octanol–water partition coefficient (Wildman–Crippen LogP) is 6.80. The van der Waals surface area contributed by atoms with E-state index < -0.39 is 0 Å². The highest BCUT2D eigenvalue weighted by Gasteiger charge is 2.29. The summed E-state index contributed by atoms with van der Waals surface area (Å²) in [6, 6.07) is 22.8. The maximum Gasteiger partial charge on any atom is 0.265 e. The number of nitrogens with one attached hydrogen (secondary N) is 1. The maximum absolute atomic E-state index is 13.5. The lowest BCUT2D eigenvalue weighted by Gasteiger charge is -2.30. The molecule has 6 heteroatoms. The Labute approximate surface area is 210 Å². The Kier molecular flexibility index (Phi) is 7.76. The van der Waals surface area contributed by atoms with E-state index in [1.165, 1.54) is 11.8 Å². The van der Waals surface area contributed by atoms with Gasteiger partial charge in [-0.1, -0.05) is 73.6 Å². The normalized spacial score (nSPS) is 14.4. The fourth-order valence-corrected chi connectivity index (χ4v) is 4.97. The number of anilines is 1. The molecule has 174 valence electrons. The van der Waals surface area contributed by atoms with Crippen LogP contribution < -0.4 is 10.2 Å². The molecule has 0 saturated heterocycles. The van der Waals surface area contributed by atoms with Gasteiger partial charge in [-0.25, -0.2) is 0 Å². The second kappa shape index (κ2) is 10.9. The van der Waals surface area contributed by atoms with Gasteiger partial charge in [-0.2, -0.15) is 0 Å². The Bertz CT molecular complexity index is 1220. The van der Waals surface area contributed by atoms with Gasteiger partial charge in [0.2, 0.25) is 0 Å². The van der Waals surface area contributed by atoms with Gasteiger partial charge in [-0.3, -0.25) is 9.59 Å². The third-order valence-corrected chi connectivity index (χ3v) is 6.85. The number of benzene rings is 3. The van der Waals surface area contributed by atoms with Gasteiger partial charge in [0.05, 0.1) is 17.1 Å². The molecule has 0 radical (unpaired) electrons. The summed E-state index contributed by atoms with van der Waals surface area (Å²) >= 11 is 7.63. The summed E-state index contributed by atoms with van der Waals surface area (Å²) < 4.78 is 0. The van der Waals surface area contributed by atoms with E-state index in [0.717, 1.165) is 28.1 Å². The van der Waals surface area contributed by atoms with Crippen molar-refractivity contribution in [3.05, 3.63) is 99.4 Å². The number of carbonyl (C=O) groups is 2. The third-order valence-electron chi connectivity index (χ3n) is 5.54. The summed E-state index contributed by atoms with van der Waals surface area (Å²) in [5, 5.41) is 3.60. The number of para-hydroxylation sites is 1. The van der Waals surface area contributed by atoms with Crippen molar-refractivity contribution in [2.45, 2.75) is 31.7 Å². The van der Waals surface area contributed by atoms with Crippen LogP contribution in [0.25, 0.3) is 6.08 Å². The monoisotopic (exact) mass is 490 g/mol. The van der Waals surface area contributed by atoms with Crippen LogP contribution in [0.5, 0.6) is 0 Å². The van der Waals surface area contributed by atoms with Crippen molar-refractivity contribution in [2.75, 3.05) is 11.4 Å². The molecule has 34 heavy (non-hydrogen) atoms. The van der Waals surface area contributed by atoms with Crippen molar-refractivity contribution in [3.8, 4) is 0 Å². The second-order valence-electron chi connectivity index (χ2n) is 8.66. The SMILES string of the molecule is CC(C)CCNC(=O)c1ccc(C=C2Sc3ccccc3N(Cc3cccc(Cl)c3)C2=O)cc1. The van der Waals surface area contributed by atoms with E-state index in [1.807, 2.05) is 66.7 Å². The van der Waals surface area contributed by atoms with Crippen LogP contribution in [0.1, 0.15) is 41.8 Å². The van der Waals surface area contributed by atoms with Gasteiger partial charge < -0.3 is 10.2 Å². The van der Waals surface area contributed by atoms with Crippen LogP contribution in [0.3, 0.4) is 0 Å². The van der Waals surface area contributed by atoms with Gasteiger partial charge in [-0.05, 0) is 65.9 Å². The number of nitrogens with zero attached hydrogens (tertiary/aromatic N) is 1. The lowest BCUT2D eigenvalue weighted by atomic mass is 10.1. The lowest BCUT2D eigenvalue weighted by molar-refractivity contribution is -0.114. The standard InChI is InChI=1S/C28H27ClN2O2S/c1-19(2)14-15-30-27(32)22-12-10-20(11-13-22)17-26-28(33)31(18-21-6-5-7-23(29)16-21)24-8-3-4-9-25(24)34-26/h3-13,16-17,19H,14-15,18H2,1-2H3,(H,30,32). The van der Waals surface area contributed by atoms with Gasteiger partial charge in [0.15, 0.2) is 0 Å². The molecule has 1 N–H and O–H groups in total. The molecule has 0 spiro atoms. The van der Waals surface area contributed by atoms with Gasteiger partial charge in [-0.15, -0.1) is 0 Å². The van der Waals surface area contributed by atoms with Crippen molar-refractivity contribution < 1.29 is 9.59 Å². The number of fused-ring (bicyclic) bond motifs is 1. The molecule has 2 amide bonds. The van der Waals surface area contributed by atoms with Crippen LogP contribution in [0, 0.1) is 5.92 Å². The van der Waals surface area contributed by atoms with Gasteiger partial charge in [0, 0.05) is 22.0 Å². The first-order valence-electron chi connectivity index (χ1n) is 11.3. The van der Waals surface area contributed by atoms with Crippen molar-refractivity contribution in [1.82, 2.24) is 5.32 Å². The summed E-state index contributed by atoms with van der Waals surface area (Å²) in [5.74, 6) is 0.409. The summed E-state index contributed by atoms with van der Waals surface area (Å²) in [5.41, 5.74) is 3.34. The molecule has 4 nitrogen and oxygen atoms in total. The van der Waals surface area contributed by atoms with Gasteiger partial charge in [0.25, 0.3) is 11.8 Å². The maximum atomic E-state index is 13.5. The minimum Gasteiger partial charge on any atom is -0.352 e. The van der Waals surface area contributed by atoms with E-state index in [0.29, 0.717) is 34.5 Å². The molecule has 0 bridgehead atoms. The minimum atomic E-state index is -0.0791. The van der Waals surface area contributed by atoms with Crippen LogP contribution in [0.15, 0.2) is 82.6 Å². The lowest BCUT2D eigenvalue weighted by Crippen LogP contribution is -2.33. The molecule has 0 aliphatic carbocycles. The Morgan fingerprint density at radius 3 is 2.56 bits per heavy atom. The third kappa shape index (κ3) is 5.91. The molecule has 1 aliphatic heterocycles. The Balaban J connectivity index is 1.55. The molecule has 1 heterocycles. The second-order valence-corrected chi connectivity index (χ2v) is 10.2. The highest BCUT2D eigenvalue weighted by Crippen LogP contribution is 2.42. The van der Waals surface area contributed by atoms with Crippen molar-refractivity contribution >= 4 is 46.9 Å². The zero-order valence-electron chi connectivity index (χ0n) is 19.3. The summed E-state index contributed by atoms with van der Waals surface area (Å²) in [7, 11) is 0. The molecule has 0 atom stereocenters. The van der Waals surface area contributed by atoms with E-state index in [1.54, 1.807) is 17.0 Å². The zero-order valence-corrected chi connectivity index (χ0v) is 20.8. The fourth-order valence-electron chi connectivity index (χ4n) is 3.70. The largest absolute Gasteiger partial charge is 0.352 e. The smallest absolute Gasteiger partial charge is 0.265 e. The first-order chi connectivity index (χ1) is 16.4. The minimum absolute atomic E-state index is 0.0563. The van der Waals surface area contributed by atoms with Crippen LogP contribution in [0.4, 0.5) is 5.69 Å². The van der Waals surface area contributed by atoms with Crippen molar-refractivity contribution in [2.24, 2.45) is 5.92 Å². The average molecular weight is 491 g/mol. The summed E-state index contributed by atoms with van der Waals surface area (Å²) in [6.45, 7) is 5.36.